The number of rotatable bonds is 6. The first-order valence-electron chi connectivity index (χ1n) is 6.48. The number of hydrogen-bond donors (Lipinski definition) is 1. The zero-order valence-corrected chi connectivity index (χ0v) is 11.0. The number of carbonyl (C=O) groups is 1. The number of hydrogen-bond acceptors (Lipinski definition) is 4. The van der Waals surface area contributed by atoms with Crippen LogP contribution in [0.5, 0.6) is 0 Å². The van der Waals surface area contributed by atoms with Crippen molar-refractivity contribution in [3.05, 3.63) is 0 Å². The minimum atomic E-state index is -0.0509. The summed E-state index contributed by atoms with van der Waals surface area (Å²) in [5.74, 6) is 0.141. The second-order valence-corrected chi connectivity index (χ2v) is 4.50. The van der Waals surface area contributed by atoms with Crippen LogP contribution in [0.3, 0.4) is 0 Å². The fourth-order valence-corrected chi connectivity index (χ4v) is 1.94. The lowest BCUT2D eigenvalue weighted by molar-refractivity contribution is -0.136. The first kappa shape index (κ1) is 14.4. The molecule has 1 aliphatic rings. The zero-order valence-electron chi connectivity index (χ0n) is 11.0. The van der Waals surface area contributed by atoms with Crippen LogP contribution in [-0.4, -0.2) is 68.2 Å². The molecule has 1 rings (SSSR count). The van der Waals surface area contributed by atoms with E-state index in [9.17, 15) is 4.79 Å². The Bertz CT molecular complexity index is 228. The minimum Gasteiger partial charge on any atom is -0.380 e. The van der Waals surface area contributed by atoms with Gasteiger partial charge in [0.25, 0.3) is 0 Å². The SMILES string of the molecule is CCOCCN1CCN(C(=O)C(C)CN)CC1. The fraction of sp³-hybridized carbons (Fsp3) is 0.917. The van der Waals surface area contributed by atoms with Crippen molar-refractivity contribution in [3.8, 4) is 0 Å². The summed E-state index contributed by atoms with van der Waals surface area (Å²) in [5, 5.41) is 0. The largest absolute Gasteiger partial charge is 0.380 e. The van der Waals surface area contributed by atoms with Gasteiger partial charge in [0.05, 0.1) is 6.61 Å². The first-order valence-corrected chi connectivity index (χ1v) is 6.48. The van der Waals surface area contributed by atoms with E-state index in [1.165, 1.54) is 0 Å². The van der Waals surface area contributed by atoms with E-state index in [0.29, 0.717) is 6.54 Å². The second-order valence-electron chi connectivity index (χ2n) is 4.50. The van der Waals surface area contributed by atoms with Crippen molar-refractivity contribution in [2.75, 3.05) is 52.5 Å². The van der Waals surface area contributed by atoms with Gasteiger partial charge in [0.15, 0.2) is 0 Å². The smallest absolute Gasteiger partial charge is 0.226 e. The van der Waals surface area contributed by atoms with Crippen LogP contribution in [0.25, 0.3) is 0 Å². The van der Waals surface area contributed by atoms with Gasteiger partial charge in [0, 0.05) is 51.8 Å². The van der Waals surface area contributed by atoms with Crippen LogP contribution in [0, 0.1) is 5.92 Å². The maximum Gasteiger partial charge on any atom is 0.226 e. The van der Waals surface area contributed by atoms with E-state index in [1.807, 2.05) is 18.7 Å². The second kappa shape index (κ2) is 7.63. The summed E-state index contributed by atoms with van der Waals surface area (Å²) < 4.78 is 5.33. The van der Waals surface area contributed by atoms with Crippen LogP contribution in [0.4, 0.5) is 0 Å². The van der Waals surface area contributed by atoms with Crippen LogP contribution in [0.2, 0.25) is 0 Å². The van der Waals surface area contributed by atoms with Gasteiger partial charge in [0.1, 0.15) is 0 Å². The summed E-state index contributed by atoms with van der Waals surface area (Å²) in [6.45, 7) is 10.4. The van der Waals surface area contributed by atoms with Gasteiger partial charge < -0.3 is 15.4 Å². The van der Waals surface area contributed by atoms with E-state index in [4.69, 9.17) is 10.5 Å². The van der Waals surface area contributed by atoms with Crippen molar-refractivity contribution < 1.29 is 9.53 Å². The Balaban J connectivity index is 2.23. The molecule has 0 spiro atoms. The molecule has 1 amide bonds. The van der Waals surface area contributed by atoms with Crippen LogP contribution in [0.15, 0.2) is 0 Å². The maximum absolute atomic E-state index is 11.9. The average molecular weight is 243 g/mol. The highest BCUT2D eigenvalue weighted by Gasteiger charge is 2.23. The van der Waals surface area contributed by atoms with E-state index >= 15 is 0 Å². The van der Waals surface area contributed by atoms with E-state index in [-0.39, 0.29) is 11.8 Å². The molecule has 0 aliphatic carbocycles. The predicted octanol–water partition coefficient (Wildman–Crippen LogP) is -0.238. The molecular formula is C12H25N3O2. The molecular weight excluding hydrogens is 218 g/mol. The number of carbonyl (C=O) groups excluding carboxylic acids is 1. The molecule has 17 heavy (non-hydrogen) atoms. The molecule has 0 aromatic rings. The Morgan fingerprint density at radius 2 is 2.00 bits per heavy atom. The Labute approximate surface area is 104 Å². The number of amides is 1. The molecule has 1 aliphatic heterocycles. The van der Waals surface area contributed by atoms with Crippen molar-refractivity contribution in [1.82, 2.24) is 9.80 Å². The summed E-state index contributed by atoms with van der Waals surface area (Å²) in [5.41, 5.74) is 5.51. The Hall–Kier alpha value is -0.650. The van der Waals surface area contributed by atoms with Crippen LogP contribution in [-0.2, 0) is 9.53 Å². The number of nitrogens with zero attached hydrogens (tertiary/aromatic N) is 2. The van der Waals surface area contributed by atoms with Crippen molar-refractivity contribution in [1.29, 1.82) is 0 Å². The summed E-state index contributed by atoms with van der Waals surface area (Å²) in [4.78, 5) is 16.2. The third-order valence-corrected chi connectivity index (χ3v) is 3.22. The van der Waals surface area contributed by atoms with E-state index in [0.717, 1.165) is 45.9 Å². The quantitative estimate of drug-likeness (QED) is 0.654. The lowest BCUT2D eigenvalue weighted by atomic mass is 10.1. The van der Waals surface area contributed by atoms with Crippen molar-refractivity contribution >= 4 is 5.91 Å². The lowest BCUT2D eigenvalue weighted by Gasteiger charge is -2.35. The highest BCUT2D eigenvalue weighted by molar-refractivity contribution is 5.78. The molecule has 100 valence electrons. The summed E-state index contributed by atoms with van der Waals surface area (Å²) >= 11 is 0. The number of nitrogens with two attached hydrogens (primary N) is 1. The molecule has 1 atom stereocenters. The van der Waals surface area contributed by atoms with Gasteiger partial charge in [-0.15, -0.1) is 0 Å². The van der Waals surface area contributed by atoms with E-state index < -0.39 is 0 Å². The van der Waals surface area contributed by atoms with E-state index in [1.54, 1.807) is 0 Å². The third kappa shape index (κ3) is 4.61. The molecule has 2 N–H and O–H groups in total. The minimum absolute atomic E-state index is 0.0509. The molecule has 0 bridgehead atoms. The van der Waals surface area contributed by atoms with Crippen molar-refractivity contribution in [2.24, 2.45) is 11.7 Å². The topological polar surface area (TPSA) is 58.8 Å². The number of piperazine rings is 1. The van der Waals surface area contributed by atoms with Gasteiger partial charge in [-0.3, -0.25) is 9.69 Å². The van der Waals surface area contributed by atoms with Crippen LogP contribution >= 0.6 is 0 Å². The van der Waals surface area contributed by atoms with Crippen molar-refractivity contribution in [3.63, 3.8) is 0 Å². The average Bonchev–Trinajstić information content (AvgIpc) is 2.38. The molecule has 1 saturated heterocycles. The lowest BCUT2D eigenvalue weighted by Crippen LogP contribution is -2.51. The van der Waals surface area contributed by atoms with E-state index in [2.05, 4.69) is 4.90 Å². The monoisotopic (exact) mass is 243 g/mol. The summed E-state index contributed by atoms with van der Waals surface area (Å²) in [6.07, 6.45) is 0. The molecule has 1 unspecified atom stereocenters. The molecule has 1 heterocycles. The Kier molecular flexibility index (Phi) is 6.47. The van der Waals surface area contributed by atoms with Gasteiger partial charge >= 0.3 is 0 Å². The highest BCUT2D eigenvalue weighted by atomic mass is 16.5. The van der Waals surface area contributed by atoms with Gasteiger partial charge in [-0.1, -0.05) is 6.92 Å². The molecule has 0 aromatic heterocycles. The van der Waals surface area contributed by atoms with Crippen LogP contribution in [0.1, 0.15) is 13.8 Å². The molecule has 0 aromatic carbocycles. The number of ether oxygens (including phenoxy) is 1. The van der Waals surface area contributed by atoms with Crippen molar-refractivity contribution in [2.45, 2.75) is 13.8 Å². The highest BCUT2D eigenvalue weighted by Crippen LogP contribution is 2.06. The van der Waals surface area contributed by atoms with Crippen LogP contribution < -0.4 is 5.73 Å². The van der Waals surface area contributed by atoms with Gasteiger partial charge in [0.2, 0.25) is 5.91 Å². The summed E-state index contributed by atoms with van der Waals surface area (Å²) in [7, 11) is 0. The normalized spacial score (nSPS) is 19.4. The fourth-order valence-electron chi connectivity index (χ4n) is 1.94. The first-order chi connectivity index (χ1) is 8.19. The Morgan fingerprint density at radius 3 is 2.53 bits per heavy atom. The van der Waals surface area contributed by atoms with Gasteiger partial charge in [-0.2, -0.15) is 0 Å². The third-order valence-electron chi connectivity index (χ3n) is 3.22. The Morgan fingerprint density at radius 1 is 1.35 bits per heavy atom. The standard InChI is InChI=1S/C12H25N3O2/c1-3-17-9-8-14-4-6-15(7-5-14)12(16)11(2)10-13/h11H,3-10,13H2,1-2H3. The van der Waals surface area contributed by atoms with Gasteiger partial charge in [-0.05, 0) is 6.92 Å². The predicted molar refractivity (Wildman–Crippen MR) is 67.7 cm³/mol. The molecule has 0 saturated carbocycles. The molecule has 5 heteroatoms. The zero-order chi connectivity index (χ0) is 12.7. The summed E-state index contributed by atoms with van der Waals surface area (Å²) in [6, 6.07) is 0. The van der Waals surface area contributed by atoms with Gasteiger partial charge in [-0.25, -0.2) is 0 Å². The maximum atomic E-state index is 11.9. The molecule has 0 radical (unpaired) electrons. The molecule has 5 nitrogen and oxygen atoms in total. The molecule has 1 fully saturated rings.